The zero-order chi connectivity index (χ0) is 42.2. The summed E-state index contributed by atoms with van der Waals surface area (Å²) in [6, 6.07) is 1.89. The number of carboxylic acids is 1. The molecule has 19 heteroatoms. The number of hydrogen-bond donors (Lipinski definition) is 8. The lowest BCUT2D eigenvalue weighted by Gasteiger charge is -2.33. The summed E-state index contributed by atoms with van der Waals surface area (Å²) in [5, 5.41) is 20.5. The number of hydrogen-bond acceptors (Lipinski definition) is 10. The second-order valence-electron chi connectivity index (χ2n) is 14.8. The molecule has 0 spiro atoms. The zero-order valence-electron chi connectivity index (χ0n) is 33.3. The van der Waals surface area contributed by atoms with Gasteiger partial charge in [-0.05, 0) is 75.4 Å². The summed E-state index contributed by atoms with van der Waals surface area (Å²) in [5.41, 5.74) is 17.4. The maximum absolute atomic E-state index is 14.5. The maximum atomic E-state index is 14.5. The Morgan fingerprint density at radius 1 is 0.825 bits per heavy atom. The Hall–Kier alpha value is -4.91. The standard InChI is InChI=1S/C38H60N10O8S/c1-22(2)30(46-31(49)23(3)39)34(52)43-25(13-8-17-42-38(40)41)32(50)45-27(21-24-11-6-5-7-12-24)35(53)48-19-10-15-29(48)36(54)47-18-9-14-28(47)33(51)44-26(37(55)56)16-20-57-4/h5-7,11-12,22-23,25-30H,8-10,13-21,39H2,1-4H3,(H,43,52)(H,44,51)(H,45,50)(H,46,49)(H,55,56)(H4,40,41,42)/t23-,25-,26-,27-,28-,29-,30-/m0/s1. The van der Waals surface area contributed by atoms with Crippen LogP contribution in [-0.4, -0.2) is 136 Å². The van der Waals surface area contributed by atoms with Crippen LogP contribution in [0.1, 0.15) is 71.3 Å². The van der Waals surface area contributed by atoms with Crippen molar-refractivity contribution in [2.45, 2.75) is 114 Å². The van der Waals surface area contributed by atoms with Gasteiger partial charge in [0.15, 0.2) is 5.96 Å². The number of rotatable bonds is 21. The number of nitrogens with zero attached hydrogens (tertiary/aromatic N) is 3. The van der Waals surface area contributed by atoms with Crippen molar-refractivity contribution in [3.05, 3.63) is 35.9 Å². The highest BCUT2D eigenvalue weighted by Gasteiger charge is 2.44. The van der Waals surface area contributed by atoms with Gasteiger partial charge in [-0.1, -0.05) is 44.2 Å². The Labute approximate surface area is 338 Å². The molecule has 3 rings (SSSR count). The smallest absolute Gasteiger partial charge is 0.326 e. The number of benzene rings is 1. The number of carbonyl (C=O) groups is 7. The number of amides is 6. The monoisotopic (exact) mass is 816 g/mol. The molecule has 0 aromatic heterocycles. The van der Waals surface area contributed by atoms with Crippen LogP contribution < -0.4 is 38.5 Å². The minimum absolute atomic E-state index is 0.0674. The molecule has 2 heterocycles. The number of thioether (sulfide) groups is 1. The van der Waals surface area contributed by atoms with E-state index >= 15 is 0 Å². The van der Waals surface area contributed by atoms with E-state index in [2.05, 4.69) is 26.3 Å². The molecule has 2 aliphatic rings. The Morgan fingerprint density at radius 2 is 1.46 bits per heavy atom. The van der Waals surface area contributed by atoms with Crippen LogP contribution in [0.5, 0.6) is 0 Å². The first-order chi connectivity index (χ1) is 27.0. The largest absolute Gasteiger partial charge is 0.480 e. The SMILES string of the molecule is CSCC[C@H](NC(=O)[C@@H]1CCCN1C(=O)[C@@H]1CCCN1C(=O)[C@H](Cc1ccccc1)NC(=O)[C@H](CCCN=C(N)N)NC(=O)[C@@H](NC(=O)[C@H](C)N)C(C)C)C(=O)O. The minimum atomic E-state index is -1.17. The van der Waals surface area contributed by atoms with E-state index in [0.717, 1.165) is 5.56 Å². The lowest BCUT2D eigenvalue weighted by atomic mass is 10.0. The van der Waals surface area contributed by atoms with Gasteiger partial charge < -0.3 is 53.4 Å². The Bertz CT molecular complexity index is 1590. The summed E-state index contributed by atoms with van der Waals surface area (Å²) in [6.07, 6.45) is 4.21. The van der Waals surface area contributed by atoms with Crippen molar-refractivity contribution >= 4 is 59.1 Å². The molecule has 0 bridgehead atoms. The highest BCUT2D eigenvalue weighted by Crippen LogP contribution is 2.26. The van der Waals surface area contributed by atoms with Gasteiger partial charge >= 0.3 is 5.97 Å². The minimum Gasteiger partial charge on any atom is -0.480 e. The normalized spacial score (nSPS) is 19.1. The van der Waals surface area contributed by atoms with E-state index < -0.39 is 83.7 Å². The number of nitrogens with one attached hydrogen (secondary N) is 4. The molecular formula is C38H60N10O8S. The first kappa shape index (κ1) is 46.5. The van der Waals surface area contributed by atoms with E-state index in [1.54, 1.807) is 38.1 Å². The van der Waals surface area contributed by atoms with Crippen LogP contribution in [0.15, 0.2) is 35.3 Å². The molecule has 6 amide bonds. The van der Waals surface area contributed by atoms with Gasteiger partial charge in [-0.2, -0.15) is 11.8 Å². The van der Waals surface area contributed by atoms with Crippen LogP contribution in [-0.2, 0) is 40.0 Å². The molecule has 0 aliphatic carbocycles. The number of guanidine groups is 1. The van der Waals surface area contributed by atoms with Crippen molar-refractivity contribution in [1.82, 2.24) is 31.1 Å². The van der Waals surface area contributed by atoms with Crippen molar-refractivity contribution in [1.29, 1.82) is 0 Å². The predicted octanol–water partition coefficient (Wildman–Crippen LogP) is -0.955. The molecule has 0 unspecified atom stereocenters. The van der Waals surface area contributed by atoms with E-state index in [9.17, 15) is 38.7 Å². The number of carbonyl (C=O) groups excluding carboxylic acids is 6. The molecule has 2 aliphatic heterocycles. The first-order valence-corrected chi connectivity index (χ1v) is 20.8. The fourth-order valence-corrected chi connectivity index (χ4v) is 7.39. The fraction of sp³-hybridized carbons (Fsp3) is 0.632. The van der Waals surface area contributed by atoms with Crippen molar-refractivity contribution in [2.75, 3.05) is 31.6 Å². The summed E-state index contributed by atoms with van der Waals surface area (Å²) in [7, 11) is 0. The van der Waals surface area contributed by atoms with Crippen LogP contribution >= 0.6 is 11.8 Å². The number of carboxylic acid groups (broad SMARTS) is 1. The lowest BCUT2D eigenvalue weighted by molar-refractivity contribution is -0.148. The van der Waals surface area contributed by atoms with Gasteiger partial charge in [-0.25, -0.2) is 4.79 Å². The fourth-order valence-electron chi connectivity index (χ4n) is 6.92. The number of nitrogens with two attached hydrogens (primary N) is 3. The molecule has 316 valence electrons. The Morgan fingerprint density at radius 3 is 2.05 bits per heavy atom. The molecule has 2 fully saturated rings. The van der Waals surface area contributed by atoms with Crippen LogP contribution in [0.4, 0.5) is 0 Å². The van der Waals surface area contributed by atoms with Crippen molar-refractivity contribution in [2.24, 2.45) is 28.1 Å². The molecule has 11 N–H and O–H groups in total. The molecule has 1 aromatic rings. The van der Waals surface area contributed by atoms with Gasteiger partial charge in [-0.15, -0.1) is 0 Å². The van der Waals surface area contributed by atoms with E-state index in [-0.39, 0.29) is 57.2 Å². The molecule has 0 saturated carbocycles. The summed E-state index contributed by atoms with van der Waals surface area (Å²) in [4.78, 5) is 101. The maximum Gasteiger partial charge on any atom is 0.326 e. The molecule has 18 nitrogen and oxygen atoms in total. The number of aliphatic carboxylic acids is 1. The van der Waals surface area contributed by atoms with Crippen LogP contribution in [0.2, 0.25) is 0 Å². The van der Waals surface area contributed by atoms with Gasteiger partial charge in [-0.3, -0.25) is 33.8 Å². The van der Waals surface area contributed by atoms with E-state index in [4.69, 9.17) is 17.2 Å². The van der Waals surface area contributed by atoms with E-state index in [1.165, 1.54) is 28.5 Å². The summed E-state index contributed by atoms with van der Waals surface area (Å²) in [5.74, 6) is -4.46. The molecule has 0 radical (unpaired) electrons. The van der Waals surface area contributed by atoms with Crippen LogP contribution in [0, 0.1) is 5.92 Å². The topological polar surface area (TPSA) is 285 Å². The van der Waals surface area contributed by atoms with Gasteiger partial charge in [0.05, 0.1) is 6.04 Å². The summed E-state index contributed by atoms with van der Waals surface area (Å²) in [6.45, 7) is 5.61. The Balaban J connectivity index is 1.87. The average molecular weight is 817 g/mol. The van der Waals surface area contributed by atoms with Crippen LogP contribution in [0.3, 0.4) is 0 Å². The van der Waals surface area contributed by atoms with E-state index in [0.29, 0.717) is 31.4 Å². The van der Waals surface area contributed by atoms with Crippen molar-refractivity contribution in [3.63, 3.8) is 0 Å². The number of aliphatic imine (C=N–C) groups is 1. The van der Waals surface area contributed by atoms with Gasteiger partial charge in [0.1, 0.15) is 36.3 Å². The van der Waals surface area contributed by atoms with Crippen molar-refractivity contribution < 1.29 is 38.7 Å². The highest BCUT2D eigenvalue weighted by molar-refractivity contribution is 7.98. The predicted molar refractivity (Wildman–Crippen MR) is 216 cm³/mol. The summed E-state index contributed by atoms with van der Waals surface area (Å²) >= 11 is 1.46. The zero-order valence-corrected chi connectivity index (χ0v) is 34.1. The quantitative estimate of drug-likeness (QED) is 0.0424. The van der Waals surface area contributed by atoms with E-state index in [1.807, 2.05) is 12.3 Å². The molecule has 2 saturated heterocycles. The molecule has 7 atom stereocenters. The average Bonchev–Trinajstić information content (AvgIpc) is 3.87. The third kappa shape index (κ3) is 13.9. The van der Waals surface area contributed by atoms with Crippen molar-refractivity contribution in [3.8, 4) is 0 Å². The Kier molecular flexibility index (Phi) is 18.5. The second-order valence-corrected chi connectivity index (χ2v) is 15.8. The summed E-state index contributed by atoms with van der Waals surface area (Å²) < 4.78 is 0. The van der Waals surface area contributed by atoms with Gasteiger partial charge in [0.25, 0.3) is 0 Å². The molecular weight excluding hydrogens is 757 g/mol. The van der Waals surface area contributed by atoms with Crippen LogP contribution in [0.25, 0.3) is 0 Å². The number of likely N-dealkylation sites (tertiary alicyclic amines) is 2. The first-order valence-electron chi connectivity index (χ1n) is 19.4. The molecule has 57 heavy (non-hydrogen) atoms. The van der Waals surface area contributed by atoms with Gasteiger partial charge in [0.2, 0.25) is 35.4 Å². The molecule has 1 aromatic carbocycles. The third-order valence-corrected chi connectivity index (χ3v) is 10.7. The lowest BCUT2D eigenvalue weighted by Crippen LogP contribution is -2.60. The highest BCUT2D eigenvalue weighted by atomic mass is 32.2. The third-order valence-electron chi connectivity index (χ3n) is 10.0. The second kappa shape index (κ2) is 22.7. The van der Waals surface area contributed by atoms with Gasteiger partial charge in [0, 0.05) is 26.1 Å².